The van der Waals surface area contributed by atoms with Gasteiger partial charge in [-0.15, -0.1) is 0 Å². The topological polar surface area (TPSA) is 136 Å². The maximum atomic E-state index is 12.5. The molecule has 1 atom stereocenters. The lowest BCUT2D eigenvalue weighted by atomic mass is 10.1. The fourth-order valence-corrected chi connectivity index (χ4v) is 3.35. The quantitative estimate of drug-likeness (QED) is 0.410. The van der Waals surface area contributed by atoms with Crippen molar-refractivity contribution in [2.24, 2.45) is 0 Å². The predicted molar refractivity (Wildman–Crippen MR) is 123 cm³/mol. The van der Waals surface area contributed by atoms with E-state index in [1.807, 2.05) is 0 Å². The number of aromatic nitrogens is 3. The molecule has 12 heteroatoms. The monoisotopic (exact) mass is 491 g/mol. The second-order valence-corrected chi connectivity index (χ2v) is 7.46. The van der Waals surface area contributed by atoms with Gasteiger partial charge >= 0.3 is 5.97 Å². The molecule has 2 aromatic heterocycles. The van der Waals surface area contributed by atoms with Crippen LogP contribution in [-0.2, 0) is 11.2 Å². The van der Waals surface area contributed by atoms with Gasteiger partial charge in [-0.2, -0.15) is 9.97 Å². The molecule has 3 rings (SSSR count). The van der Waals surface area contributed by atoms with Gasteiger partial charge < -0.3 is 25.2 Å². The van der Waals surface area contributed by atoms with Crippen LogP contribution in [0.1, 0.15) is 15.9 Å². The lowest BCUT2D eigenvalue weighted by molar-refractivity contribution is -0.137. The molecule has 172 valence electrons. The highest BCUT2D eigenvalue weighted by Crippen LogP contribution is 2.24. The van der Waals surface area contributed by atoms with Gasteiger partial charge in [0.1, 0.15) is 6.04 Å². The lowest BCUT2D eigenvalue weighted by Crippen LogP contribution is -2.32. The van der Waals surface area contributed by atoms with Gasteiger partial charge in [-0.3, -0.25) is 9.78 Å². The minimum atomic E-state index is -1.10. The van der Waals surface area contributed by atoms with E-state index in [2.05, 4.69) is 25.6 Å². The molecule has 0 aliphatic carbocycles. The van der Waals surface area contributed by atoms with E-state index >= 15 is 0 Å². The van der Waals surface area contributed by atoms with Gasteiger partial charge in [0.2, 0.25) is 17.7 Å². The number of hydrogen-bond acceptors (Lipinski definition) is 8. The number of nitrogens with one attached hydrogen (secondary N) is 2. The summed E-state index contributed by atoms with van der Waals surface area (Å²) in [6, 6.07) is 7.10. The molecule has 0 aliphatic rings. The van der Waals surface area contributed by atoms with E-state index in [-0.39, 0.29) is 39.7 Å². The smallest absolute Gasteiger partial charge is 0.326 e. The van der Waals surface area contributed by atoms with E-state index in [9.17, 15) is 14.7 Å². The molecule has 0 fully saturated rings. The van der Waals surface area contributed by atoms with Crippen molar-refractivity contribution in [1.82, 2.24) is 15.0 Å². The van der Waals surface area contributed by atoms with Gasteiger partial charge in [0.05, 0.1) is 35.9 Å². The minimum Gasteiger partial charge on any atom is -0.481 e. The minimum absolute atomic E-state index is 0.0496. The van der Waals surface area contributed by atoms with Crippen molar-refractivity contribution < 1.29 is 24.2 Å². The van der Waals surface area contributed by atoms with Crippen LogP contribution in [0.4, 0.5) is 11.6 Å². The summed E-state index contributed by atoms with van der Waals surface area (Å²) < 4.78 is 10.2. The summed E-state index contributed by atoms with van der Waals surface area (Å²) >= 11 is 12.0. The van der Waals surface area contributed by atoms with Crippen molar-refractivity contribution in [3.05, 3.63) is 63.9 Å². The Bertz CT molecular complexity index is 1120. The third-order valence-corrected chi connectivity index (χ3v) is 5.00. The molecule has 2 heterocycles. The third kappa shape index (κ3) is 6.21. The Balaban J connectivity index is 1.71. The number of ether oxygens (including phenoxy) is 2. The molecular formula is C21H19Cl2N5O5. The van der Waals surface area contributed by atoms with Crippen LogP contribution in [0.15, 0.2) is 42.7 Å². The van der Waals surface area contributed by atoms with Crippen molar-refractivity contribution in [2.75, 3.05) is 24.9 Å². The third-order valence-electron chi connectivity index (χ3n) is 4.43. The van der Waals surface area contributed by atoms with Gasteiger partial charge in [0, 0.05) is 24.5 Å². The van der Waals surface area contributed by atoms with Crippen LogP contribution in [-0.4, -0.2) is 52.2 Å². The molecule has 1 amide bonds. The molecule has 1 unspecified atom stereocenters. The molecular weight excluding hydrogens is 473 g/mol. The largest absolute Gasteiger partial charge is 0.481 e. The van der Waals surface area contributed by atoms with Crippen molar-refractivity contribution in [3.63, 3.8) is 0 Å². The van der Waals surface area contributed by atoms with E-state index in [0.29, 0.717) is 11.3 Å². The second kappa shape index (κ2) is 10.8. The molecule has 0 bridgehead atoms. The van der Waals surface area contributed by atoms with Crippen molar-refractivity contribution in [1.29, 1.82) is 0 Å². The maximum absolute atomic E-state index is 12.5. The average molecular weight is 492 g/mol. The molecule has 10 nitrogen and oxygen atoms in total. The highest BCUT2D eigenvalue weighted by molar-refractivity contribution is 6.40. The van der Waals surface area contributed by atoms with E-state index < -0.39 is 17.9 Å². The molecule has 0 saturated heterocycles. The number of nitrogens with zero attached hydrogens (tertiary/aromatic N) is 3. The van der Waals surface area contributed by atoms with Crippen LogP contribution in [0.25, 0.3) is 0 Å². The summed E-state index contributed by atoms with van der Waals surface area (Å²) in [5.41, 5.74) is 1.29. The normalized spacial score (nSPS) is 11.4. The zero-order valence-electron chi connectivity index (χ0n) is 17.5. The Morgan fingerprint density at radius 1 is 1.03 bits per heavy atom. The van der Waals surface area contributed by atoms with Gasteiger partial charge in [-0.05, 0) is 17.7 Å². The molecule has 33 heavy (non-hydrogen) atoms. The Kier molecular flexibility index (Phi) is 7.86. The molecule has 0 saturated carbocycles. The van der Waals surface area contributed by atoms with Crippen molar-refractivity contribution in [2.45, 2.75) is 12.5 Å². The second-order valence-electron chi connectivity index (χ2n) is 6.64. The van der Waals surface area contributed by atoms with E-state index in [0.717, 1.165) is 0 Å². The number of amides is 1. The lowest BCUT2D eigenvalue weighted by Gasteiger charge is -2.16. The molecule has 1 aromatic carbocycles. The summed E-state index contributed by atoms with van der Waals surface area (Å²) in [7, 11) is 2.86. The molecule has 3 aromatic rings. The first-order valence-electron chi connectivity index (χ1n) is 9.46. The molecule has 3 N–H and O–H groups in total. The summed E-state index contributed by atoms with van der Waals surface area (Å²) in [6.07, 6.45) is 2.77. The maximum Gasteiger partial charge on any atom is 0.326 e. The molecule has 0 radical (unpaired) electrons. The first kappa shape index (κ1) is 24.0. The van der Waals surface area contributed by atoms with Crippen LogP contribution >= 0.6 is 23.2 Å². The highest BCUT2D eigenvalue weighted by atomic mass is 35.5. The number of hydrogen-bond donors (Lipinski definition) is 3. The summed E-state index contributed by atoms with van der Waals surface area (Å²) in [5.74, 6) is -1.09. The zero-order chi connectivity index (χ0) is 24.0. The first-order chi connectivity index (χ1) is 15.8. The number of aliphatic carboxylic acids is 1. The van der Waals surface area contributed by atoms with E-state index in [1.54, 1.807) is 24.3 Å². The Morgan fingerprint density at radius 2 is 1.61 bits per heavy atom. The number of anilines is 2. The number of pyridine rings is 1. The summed E-state index contributed by atoms with van der Waals surface area (Å²) in [6.45, 7) is 0. The number of carbonyl (C=O) groups excluding carboxylic acids is 1. The van der Waals surface area contributed by atoms with Crippen molar-refractivity contribution >= 4 is 46.7 Å². The molecule has 0 spiro atoms. The summed E-state index contributed by atoms with van der Waals surface area (Å²) in [4.78, 5) is 36.3. The number of carbonyl (C=O) groups is 2. The number of methoxy groups -OCH3 is 2. The number of rotatable bonds is 9. The highest BCUT2D eigenvalue weighted by Gasteiger charge is 2.20. The fraction of sp³-hybridized carbons (Fsp3) is 0.190. The van der Waals surface area contributed by atoms with E-state index in [4.69, 9.17) is 32.7 Å². The summed E-state index contributed by atoms with van der Waals surface area (Å²) in [5, 5.41) is 15.4. The standard InChI is InChI=1S/C21H19Cl2N5O5/c1-32-16-8-17(33-2)28-21(27-16)26-15(20(30)31)7-11-3-5-12(6-4-11)25-19(29)18-13(22)9-24-10-14(18)23/h3-6,8-10,15H,7H2,1-2H3,(H,25,29)(H,30,31)(H,26,27,28). The van der Waals surface area contributed by atoms with Gasteiger partial charge in [0.15, 0.2) is 0 Å². The van der Waals surface area contributed by atoms with Crippen LogP contribution in [0.5, 0.6) is 11.8 Å². The molecule has 0 aliphatic heterocycles. The van der Waals surface area contributed by atoms with Gasteiger partial charge in [0.25, 0.3) is 5.91 Å². The number of benzene rings is 1. The average Bonchev–Trinajstić information content (AvgIpc) is 2.79. The van der Waals surface area contributed by atoms with Crippen LogP contribution in [0.2, 0.25) is 10.0 Å². The van der Waals surface area contributed by atoms with Crippen LogP contribution < -0.4 is 20.1 Å². The van der Waals surface area contributed by atoms with Crippen molar-refractivity contribution in [3.8, 4) is 11.8 Å². The number of halogens is 2. The first-order valence-corrected chi connectivity index (χ1v) is 10.2. The Labute approximate surface area is 198 Å². The van der Waals surface area contributed by atoms with Crippen LogP contribution in [0.3, 0.4) is 0 Å². The Hall–Kier alpha value is -3.63. The SMILES string of the molecule is COc1cc(OC)nc(NC(Cc2ccc(NC(=O)c3c(Cl)cncc3Cl)cc2)C(=O)O)n1. The fourth-order valence-electron chi connectivity index (χ4n) is 2.82. The Morgan fingerprint density at radius 3 is 2.12 bits per heavy atom. The van der Waals surface area contributed by atoms with Gasteiger partial charge in [-0.25, -0.2) is 4.79 Å². The van der Waals surface area contributed by atoms with Gasteiger partial charge in [-0.1, -0.05) is 35.3 Å². The predicted octanol–water partition coefficient (Wildman–Crippen LogP) is 3.56. The number of carboxylic acids is 1. The van der Waals surface area contributed by atoms with Crippen LogP contribution in [0, 0.1) is 0 Å². The number of carboxylic acid groups (broad SMARTS) is 1. The van der Waals surface area contributed by atoms with E-state index in [1.165, 1.54) is 32.7 Å². The zero-order valence-corrected chi connectivity index (χ0v) is 19.0.